The zero-order valence-corrected chi connectivity index (χ0v) is 6.36. The summed E-state index contributed by atoms with van der Waals surface area (Å²) in [5.74, 6) is 0. The summed E-state index contributed by atoms with van der Waals surface area (Å²) in [6.45, 7) is 0.799. The summed E-state index contributed by atoms with van der Waals surface area (Å²) in [5, 5.41) is 2.93. The molecular weight excluding hydrogens is 152 g/mol. The molecule has 0 aromatic rings. The van der Waals surface area contributed by atoms with Gasteiger partial charge in [-0.2, -0.15) is 8.78 Å². The first-order valence-electron chi connectivity index (χ1n) is 3.49. The van der Waals surface area contributed by atoms with Crippen molar-refractivity contribution in [2.45, 2.75) is 12.5 Å². The van der Waals surface area contributed by atoms with E-state index in [4.69, 9.17) is 4.74 Å². The molecule has 0 aliphatic carbocycles. The Kier molecular flexibility index (Phi) is 2.96. The molecule has 1 saturated heterocycles. The molecule has 1 fully saturated rings. The zero-order chi connectivity index (χ0) is 8.27. The number of ether oxygens (including phenoxy) is 1. The average Bonchev–Trinajstić information content (AvgIpc) is 2.37. The monoisotopic (exact) mass is 163 g/mol. The van der Waals surface area contributed by atoms with Crippen molar-refractivity contribution in [3.8, 4) is 0 Å². The van der Waals surface area contributed by atoms with Crippen LogP contribution in [0.5, 0.6) is 0 Å². The van der Waals surface area contributed by atoms with E-state index >= 15 is 0 Å². The maximum Gasteiger partial charge on any atom is 0.270 e. The van der Waals surface area contributed by atoms with Gasteiger partial charge in [0.25, 0.3) is 6.08 Å². The zero-order valence-electron chi connectivity index (χ0n) is 6.36. The van der Waals surface area contributed by atoms with Crippen molar-refractivity contribution in [1.82, 2.24) is 5.32 Å². The third-order valence-corrected chi connectivity index (χ3v) is 1.73. The summed E-state index contributed by atoms with van der Waals surface area (Å²) in [4.78, 5) is 0. The van der Waals surface area contributed by atoms with Crippen LogP contribution in [0, 0.1) is 0 Å². The highest BCUT2D eigenvalue weighted by Crippen LogP contribution is 2.18. The van der Waals surface area contributed by atoms with Crippen LogP contribution in [0.2, 0.25) is 0 Å². The molecule has 0 bridgehead atoms. The quantitative estimate of drug-likeness (QED) is 0.659. The Morgan fingerprint density at radius 3 is 2.91 bits per heavy atom. The largest absolute Gasteiger partial charge is 0.383 e. The number of rotatable bonds is 2. The Labute approximate surface area is 64.2 Å². The highest BCUT2D eigenvalue weighted by Gasteiger charge is 2.21. The summed E-state index contributed by atoms with van der Waals surface area (Å²) in [7, 11) is 1.56. The van der Waals surface area contributed by atoms with E-state index in [0.717, 1.165) is 0 Å². The SMILES string of the molecule is COC[C@@H]1CC(=C(F)F)CN1. The minimum absolute atomic E-state index is 0.0662. The lowest BCUT2D eigenvalue weighted by Crippen LogP contribution is -2.25. The molecule has 0 radical (unpaired) electrons. The molecule has 1 N–H and O–H groups in total. The third-order valence-electron chi connectivity index (χ3n) is 1.73. The lowest BCUT2D eigenvalue weighted by atomic mass is 10.2. The highest BCUT2D eigenvalue weighted by molar-refractivity contribution is 5.12. The molecule has 1 aliphatic rings. The van der Waals surface area contributed by atoms with Crippen molar-refractivity contribution in [2.24, 2.45) is 0 Å². The molecule has 11 heavy (non-hydrogen) atoms. The van der Waals surface area contributed by atoms with Gasteiger partial charge in [-0.15, -0.1) is 0 Å². The Morgan fingerprint density at radius 1 is 1.73 bits per heavy atom. The van der Waals surface area contributed by atoms with Crippen molar-refractivity contribution in [3.05, 3.63) is 11.7 Å². The van der Waals surface area contributed by atoms with Gasteiger partial charge >= 0.3 is 0 Å². The highest BCUT2D eigenvalue weighted by atomic mass is 19.3. The average molecular weight is 163 g/mol. The Bertz CT molecular complexity index is 166. The van der Waals surface area contributed by atoms with Crippen LogP contribution in [-0.2, 0) is 4.74 Å². The summed E-state index contributed by atoms with van der Waals surface area (Å²) in [5.41, 5.74) is 0.215. The topological polar surface area (TPSA) is 21.3 Å². The van der Waals surface area contributed by atoms with Gasteiger partial charge in [0.15, 0.2) is 0 Å². The number of methoxy groups -OCH3 is 1. The van der Waals surface area contributed by atoms with Crippen LogP contribution < -0.4 is 5.32 Å². The molecule has 1 aliphatic heterocycles. The third kappa shape index (κ3) is 2.24. The van der Waals surface area contributed by atoms with Crippen molar-refractivity contribution >= 4 is 0 Å². The van der Waals surface area contributed by atoms with Gasteiger partial charge in [0.05, 0.1) is 6.61 Å². The molecular formula is C7H11F2NO. The van der Waals surface area contributed by atoms with Crippen LogP contribution in [0.25, 0.3) is 0 Å². The van der Waals surface area contributed by atoms with E-state index in [0.29, 0.717) is 19.6 Å². The van der Waals surface area contributed by atoms with Gasteiger partial charge in [-0.3, -0.25) is 0 Å². The summed E-state index contributed by atoms with van der Waals surface area (Å²) >= 11 is 0. The van der Waals surface area contributed by atoms with E-state index in [1.807, 2.05) is 0 Å². The van der Waals surface area contributed by atoms with Crippen LogP contribution >= 0.6 is 0 Å². The summed E-state index contributed by atoms with van der Waals surface area (Å²) < 4.78 is 28.7. The van der Waals surface area contributed by atoms with E-state index in [-0.39, 0.29) is 11.6 Å². The molecule has 4 heteroatoms. The Morgan fingerprint density at radius 2 is 2.45 bits per heavy atom. The molecule has 0 aromatic heterocycles. The molecule has 64 valence electrons. The van der Waals surface area contributed by atoms with Crippen LogP contribution in [-0.4, -0.2) is 26.3 Å². The minimum Gasteiger partial charge on any atom is -0.383 e. The Hall–Kier alpha value is -0.480. The number of hydrogen-bond donors (Lipinski definition) is 1. The fourth-order valence-electron chi connectivity index (χ4n) is 1.17. The fourth-order valence-corrected chi connectivity index (χ4v) is 1.17. The molecule has 0 aromatic carbocycles. The van der Waals surface area contributed by atoms with Gasteiger partial charge in [-0.1, -0.05) is 0 Å². The van der Waals surface area contributed by atoms with Gasteiger partial charge in [0.1, 0.15) is 0 Å². The normalized spacial score (nSPS) is 24.3. The van der Waals surface area contributed by atoms with Crippen molar-refractivity contribution in [1.29, 1.82) is 0 Å². The van der Waals surface area contributed by atoms with Gasteiger partial charge in [0, 0.05) is 25.3 Å². The molecule has 0 amide bonds. The van der Waals surface area contributed by atoms with Crippen LogP contribution in [0.4, 0.5) is 8.78 Å². The van der Waals surface area contributed by atoms with E-state index < -0.39 is 6.08 Å². The first-order valence-corrected chi connectivity index (χ1v) is 3.49. The molecule has 1 heterocycles. The van der Waals surface area contributed by atoms with Crippen molar-refractivity contribution in [3.63, 3.8) is 0 Å². The Balaban J connectivity index is 2.41. The van der Waals surface area contributed by atoms with Crippen molar-refractivity contribution < 1.29 is 13.5 Å². The van der Waals surface area contributed by atoms with Gasteiger partial charge < -0.3 is 10.1 Å². The number of halogens is 2. The van der Waals surface area contributed by atoms with E-state index in [2.05, 4.69) is 5.32 Å². The molecule has 1 rings (SSSR count). The van der Waals surface area contributed by atoms with Crippen molar-refractivity contribution in [2.75, 3.05) is 20.3 Å². The molecule has 0 spiro atoms. The maximum absolute atomic E-state index is 12.0. The fraction of sp³-hybridized carbons (Fsp3) is 0.714. The summed E-state index contributed by atoms with van der Waals surface area (Å²) in [6.07, 6.45) is -1.13. The lowest BCUT2D eigenvalue weighted by Gasteiger charge is -2.05. The van der Waals surface area contributed by atoms with E-state index in [1.54, 1.807) is 7.11 Å². The van der Waals surface area contributed by atoms with Crippen LogP contribution in [0.1, 0.15) is 6.42 Å². The van der Waals surface area contributed by atoms with Gasteiger partial charge in [-0.25, -0.2) is 0 Å². The molecule has 0 saturated carbocycles. The van der Waals surface area contributed by atoms with E-state index in [9.17, 15) is 8.78 Å². The van der Waals surface area contributed by atoms with Gasteiger partial charge in [0.2, 0.25) is 0 Å². The first kappa shape index (κ1) is 8.62. The predicted molar refractivity (Wildman–Crippen MR) is 37.5 cm³/mol. The summed E-state index contributed by atoms with van der Waals surface area (Å²) in [6, 6.07) is 0.0662. The number of hydrogen-bond acceptors (Lipinski definition) is 2. The van der Waals surface area contributed by atoms with Gasteiger partial charge in [-0.05, 0) is 6.42 Å². The second kappa shape index (κ2) is 3.78. The minimum atomic E-state index is -1.55. The lowest BCUT2D eigenvalue weighted by molar-refractivity contribution is 0.174. The second-order valence-electron chi connectivity index (χ2n) is 2.60. The second-order valence-corrected chi connectivity index (χ2v) is 2.60. The predicted octanol–water partition coefficient (Wildman–Crippen LogP) is 1.15. The molecule has 0 unspecified atom stereocenters. The van der Waals surface area contributed by atoms with Crippen LogP contribution in [0.3, 0.4) is 0 Å². The van der Waals surface area contributed by atoms with Crippen LogP contribution in [0.15, 0.2) is 11.7 Å². The molecule has 1 atom stereocenters. The standard InChI is InChI=1S/C7H11F2NO/c1-11-4-6-2-5(3-10-6)7(8)9/h6,10H,2-4H2,1H3/t6-/m0/s1. The first-order chi connectivity index (χ1) is 5.24. The van der Waals surface area contributed by atoms with E-state index in [1.165, 1.54) is 0 Å². The maximum atomic E-state index is 12.0. The number of nitrogens with one attached hydrogen (secondary N) is 1. The molecule has 2 nitrogen and oxygen atoms in total. The smallest absolute Gasteiger partial charge is 0.270 e.